The first kappa shape index (κ1) is 25.1. The number of aliphatic hydroxyl groups is 1. The van der Waals surface area contributed by atoms with Crippen molar-refractivity contribution in [3.05, 3.63) is 9.26 Å². The molecule has 1 N–H and O–H groups in total. The van der Waals surface area contributed by atoms with Crippen LogP contribution < -0.4 is 4.74 Å². The van der Waals surface area contributed by atoms with Crippen LogP contribution in [0.1, 0.15) is 39.3 Å². The number of nitrogens with zero attached hydrogens (tertiary/aromatic N) is 3. The van der Waals surface area contributed by atoms with Crippen LogP contribution in [0.4, 0.5) is 0 Å². The van der Waals surface area contributed by atoms with Gasteiger partial charge in [-0.05, 0) is 53.6 Å². The van der Waals surface area contributed by atoms with Crippen molar-refractivity contribution < 1.29 is 22.7 Å². The zero-order valence-corrected chi connectivity index (χ0v) is 22.2. The third-order valence-electron chi connectivity index (χ3n) is 5.83. The molecule has 0 saturated carbocycles. The Kier molecular flexibility index (Phi) is 8.22. The van der Waals surface area contributed by atoms with Gasteiger partial charge in [0.15, 0.2) is 8.32 Å². The normalized spacial score (nSPS) is 17.7. The molecule has 168 valence electrons. The molecule has 1 fully saturated rings. The van der Waals surface area contributed by atoms with Gasteiger partial charge in [0.25, 0.3) is 0 Å². The molecule has 29 heavy (non-hydrogen) atoms. The third-order valence-corrected chi connectivity index (χ3v) is 12.8. The van der Waals surface area contributed by atoms with Crippen LogP contribution in [0.3, 0.4) is 0 Å². The van der Waals surface area contributed by atoms with Crippen LogP contribution in [-0.2, 0) is 27.6 Å². The summed E-state index contributed by atoms with van der Waals surface area (Å²) >= 11 is 2.15. The van der Waals surface area contributed by atoms with E-state index in [1.807, 2.05) is 0 Å². The highest BCUT2D eigenvalue weighted by Crippen LogP contribution is 2.36. The van der Waals surface area contributed by atoms with Crippen LogP contribution in [0, 0.1) is 3.57 Å². The molecule has 0 radical (unpaired) electrons. The Balaban J connectivity index is 2.00. The van der Waals surface area contributed by atoms with Gasteiger partial charge in [-0.1, -0.05) is 20.8 Å². The molecule has 0 aliphatic carbocycles. The van der Waals surface area contributed by atoms with E-state index < -0.39 is 18.3 Å². The van der Waals surface area contributed by atoms with E-state index in [4.69, 9.17) is 9.16 Å². The van der Waals surface area contributed by atoms with Crippen LogP contribution in [0.15, 0.2) is 0 Å². The molecule has 2 heterocycles. The van der Waals surface area contributed by atoms with Gasteiger partial charge in [-0.3, -0.25) is 4.68 Å². The van der Waals surface area contributed by atoms with Crippen LogP contribution in [-0.4, -0.2) is 68.0 Å². The van der Waals surface area contributed by atoms with Gasteiger partial charge in [0.2, 0.25) is 15.9 Å². The molecule has 0 atom stereocenters. The maximum atomic E-state index is 11.7. The minimum atomic E-state index is -3.16. The van der Waals surface area contributed by atoms with Crippen molar-refractivity contribution in [3.8, 4) is 5.88 Å². The van der Waals surface area contributed by atoms with Crippen molar-refractivity contribution in [3.63, 3.8) is 0 Å². The molecule has 0 bridgehead atoms. The molecule has 0 spiro atoms. The van der Waals surface area contributed by atoms with E-state index in [1.54, 1.807) is 4.68 Å². The van der Waals surface area contributed by atoms with Gasteiger partial charge in [0, 0.05) is 13.1 Å². The van der Waals surface area contributed by atoms with E-state index in [-0.39, 0.29) is 17.7 Å². The minimum absolute atomic E-state index is 0.0834. The molecule has 11 heteroatoms. The third kappa shape index (κ3) is 6.39. The van der Waals surface area contributed by atoms with E-state index >= 15 is 0 Å². The molecule has 0 aromatic carbocycles. The van der Waals surface area contributed by atoms with Gasteiger partial charge in [0.05, 0.1) is 31.7 Å². The molecule has 1 aromatic rings. The summed E-state index contributed by atoms with van der Waals surface area (Å²) in [5.41, 5.74) is 0.716. The zero-order chi connectivity index (χ0) is 22.0. The number of hydrogen-bond acceptors (Lipinski definition) is 6. The van der Waals surface area contributed by atoms with Gasteiger partial charge in [0.1, 0.15) is 9.67 Å². The van der Waals surface area contributed by atoms with Crippen LogP contribution in [0.5, 0.6) is 5.88 Å². The first-order chi connectivity index (χ1) is 13.3. The van der Waals surface area contributed by atoms with Crippen LogP contribution >= 0.6 is 22.6 Å². The SMILES string of the molecule is CC(C)(C)[Si](C)(C)OCCn1nc(OC2CCN(S(C)(=O)=O)CC2)c(I)c1CO. The second kappa shape index (κ2) is 9.51. The van der Waals surface area contributed by atoms with Crippen molar-refractivity contribution in [2.45, 2.75) is 71.0 Å². The van der Waals surface area contributed by atoms with Crippen molar-refractivity contribution in [2.75, 3.05) is 26.0 Å². The summed E-state index contributed by atoms with van der Waals surface area (Å²) in [6.07, 6.45) is 2.40. The fourth-order valence-electron chi connectivity index (χ4n) is 2.91. The molecule has 1 aromatic heterocycles. The lowest BCUT2D eigenvalue weighted by molar-refractivity contribution is 0.128. The highest BCUT2D eigenvalue weighted by molar-refractivity contribution is 14.1. The topological polar surface area (TPSA) is 93.9 Å². The molecule has 0 unspecified atom stereocenters. The van der Waals surface area contributed by atoms with Crippen LogP contribution in [0.2, 0.25) is 18.1 Å². The number of sulfonamides is 1. The maximum Gasteiger partial charge on any atom is 0.247 e. The lowest BCUT2D eigenvalue weighted by Crippen LogP contribution is -2.41. The van der Waals surface area contributed by atoms with Crippen molar-refractivity contribution in [2.24, 2.45) is 0 Å². The number of piperidine rings is 1. The van der Waals surface area contributed by atoms with E-state index in [9.17, 15) is 13.5 Å². The van der Waals surface area contributed by atoms with Gasteiger partial charge in [-0.15, -0.1) is 5.10 Å². The first-order valence-electron chi connectivity index (χ1n) is 9.88. The number of halogens is 1. The van der Waals surface area contributed by atoms with Crippen LogP contribution in [0.25, 0.3) is 0 Å². The molecule has 8 nitrogen and oxygen atoms in total. The Labute approximate surface area is 189 Å². The molecule has 0 amide bonds. The average Bonchev–Trinajstić information content (AvgIpc) is 2.88. The second-order valence-electron chi connectivity index (χ2n) is 9.04. The van der Waals surface area contributed by atoms with E-state index in [0.29, 0.717) is 50.7 Å². The Hall–Kier alpha value is -0.213. The molecule has 1 aliphatic heterocycles. The fraction of sp³-hybridized carbons (Fsp3) is 0.833. The lowest BCUT2D eigenvalue weighted by Gasteiger charge is -2.36. The number of ether oxygens (including phenoxy) is 1. The Morgan fingerprint density at radius 2 is 1.86 bits per heavy atom. The average molecular weight is 560 g/mol. The number of rotatable bonds is 8. The Bertz CT molecular complexity index is 799. The van der Waals surface area contributed by atoms with Crippen molar-refractivity contribution >= 4 is 40.9 Å². The summed E-state index contributed by atoms with van der Waals surface area (Å²) in [5, 5.41) is 14.5. The smallest absolute Gasteiger partial charge is 0.247 e. The monoisotopic (exact) mass is 559 g/mol. The quantitative estimate of drug-likeness (QED) is 0.389. The predicted octanol–water partition coefficient (Wildman–Crippen LogP) is 2.80. The molecular weight excluding hydrogens is 525 g/mol. The highest BCUT2D eigenvalue weighted by atomic mass is 127. The lowest BCUT2D eigenvalue weighted by atomic mass is 10.1. The van der Waals surface area contributed by atoms with Crippen molar-refractivity contribution in [1.29, 1.82) is 0 Å². The number of aromatic nitrogens is 2. The van der Waals surface area contributed by atoms with Crippen molar-refractivity contribution in [1.82, 2.24) is 14.1 Å². The Morgan fingerprint density at radius 1 is 1.28 bits per heavy atom. The summed E-state index contributed by atoms with van der Waals surface area (Å²) in [6, 6.07) is 0. The van der Waals surface area contributed by atoms with E-state index in [2.05, 4.69) is 61.6 Å². The summed E-state index contributed by atoms with van der Waals surface area (Å²) in [4.78, 5) is 0. The van der Waals surface area contributed by atoms with E-state index in [0.717, 1.165) is 3.57 Å². The molecular formula is C18H34IN3O5SSi. The Morgan fingerprint density at radius 3 is 2.34 bits per heavy atom. The first-order valence-corrected chi connectivity index (χ1v) is 15.7. The predicted molar refractivity (Wildman–Crippen MR) is 124 cm³/mol. The number of hydrogen-bond donors (Lipinski definition) is 1. The highest BCUT2D eigenvalue weighted by Gasteiger charge is 2.37. The summed E-state index contributed by atoms with van der Waals surface area (Å²) in [7, 11) is -5.00. The fourth-order valence-corrected chi connectivity index (χ4v) is 5.50. The minimum Gasteiger partial charge on any atom is -0.472 e. The standard InChI is InChI=1S/C18H34IN3O5SSi/c1-18(2,3)29(5,6)26-12-11-22-15(13-23)16(19)17(20-22)27-14-7-9-21(10-8-14)28(4,24)25/h14,23H,7-13H2,1-6H3. The zero-order valence-electron chi connectivity index (χ0n) is 18.2. The maximum absolute atomic E-state index is 11.7. The van der Waals surface area contributed by atoms with Gasteiger partial charge >= 0.3 is 0 Å². The number of aliphatic hydroxyl groups excluding tert-OH is 1. The largest absolute Gasteiger partial charge is 0.472 e. The van der Waals surface area contributed by atoms with E-state index in [1.165, 1.54) is 10.6 Å². The second-order valence-corrected chi connectivity index (χ2v) is 16.9. The summed E-state index contributed by atoms with van der Waals surface area (Å²) in [5.74, 6) is 0.500. The van der Waals surface area contributed by atoms with Gasteiger partial charge in [-0.25, -0.2) is 12.7 Å². The van der Waals surface area contributed by atoms with Gasteiger partial charge < -0.3 is 14.3 Å². The summed E-state index contributed by atoms with van der Waals surface area (Å²) in [6.45, 7) is 12.9. The molecule has 2 rings (SSSR count). The summed E-state index contributed by atoms with van der Waals surface area (Å²) < 4.78 is 39.6. The van der Waals surface area contributed by atoms with Gasteiger partial charge in [-0.2, -0.15) is 0 Å². The molecule has 1 aliphatic rings. The molecule has 1 saturated heterocycles.